The largest absolute Gasteiger partial charge is 0.476 e. The molecule has 3 rings (SSSR count). The van der Waals surface area contributed by atoms with Crippen molar-refractivity contribution in [3.8, 4) is 0 Å². The van der Waals surface area contributed by atoms with Crippen LogP contribution in [0.15, 0.2) is 36.8 Å². The average molecular weight is 271 g/mol. The van der Waals surface area contributed by atoms with Crippen LogP contribution in [0.1, 0.15) is 16.3 Å². The highest BCUT2D eigenvalue weighted by molar-refractivity contribution is 5.92. The van der Waals surface area contributed by atoms with E-state index >= 15 is 0 Å². The number of aryl methyl sites for hydroxylation is 1. The van der Waals surface area contributed by atoms with Crippen molar-refractivity contribution in [3.05, 3.63) is 48.3 Å². The van der Waals surface area contributed by atoms with Crippen LogP contribution in [0, 0.1) is 0 Å². The Kier molecular flexibility index (Phi) is 2.86. The normalized spacial score (nSPS) is 10.8. The van der Waals surface area contributed by atoms with E-state index < -0.39 is 5.97 Å². The van der Waals surface area contributed by atoms with Crippen molar-refractivity contribution in [3.63, 3.8) is 0 Å². The number of aromatic nitrogens is 4. The van der Waals surface area contributed by atoms with Gasteiger partial charge in [-0.05, 0) is 12.1 Å². The number of nitrogens with zero attached hydrogens (tertiary/aromatic N) is 4. The number of anilines is 1. The van der Waals surface area contributed by atoms with Gasteiger partial charge in [0.25, 0.3) is 0 Å². The molecule has 3 aromatic heterocycles. The Labute approximate surface area is 114 Å². The molecule has 0 radical (unpaired) electrons. The molecule has 0 saturated carbocycles. The summed E-state index contributed by atoms with van der Waals surface area (Å²) in [6, 6.07) is 5.35. The fraction of sp³-hybridized carbons (Fsp3) is 0.154. The first kappa shape index (κ1) is 12.2. The van der Waals surface area contributed by atoms with Crippen molar-refractivity contribution >= 4 is 17.4 Å². The number of hydrogen-bond acceptors (Lipinski definition) is 4. The Morgan fingerprint density at radius 3 is 2.95 bits per heavy atom. The Balaban J connectivity index is 1.96. The quantitative estimate of drug-likeness (QED) is 0.748. The third-order valence-electron chi connectivity index (χ3n) is 3.07. The Morgan fingerprint density at radius 2 is 2.25 bits per heavy atom. The van der Waals surface area contributed by atoms with Crippen molar-refractivity contribution in [2.24, 2.45) is 7.05 Å². The monoisotopic (exact) mass is 271 g/mol. The summed E-state index contributed by atoms with van der Waals surface area (Å²) in [5, 5.41) is 12.4. The molecule has 0 aliphatic carbocycles. The standard InChI is InChI=1S/C13H13N5O2/c1-17-7-5-14-10(17)8-15-12-11(13(19)20)18-6-3-2-4-9(18)16-12/h2-7,15H,8H2,1H3,(H,19,20). The van der Waals surface area contributed by atoms with Gasteiger partial charge in [0.1, 0.15) is 11.5 Å². The van der Waals surface area contributed by atoms with Crippen LogP contribution in [0.3, 0.4) is 0 Å². The first-order valence-corrected chi connectivity index (χ1v) is 6.07. The van der Waals surface area contributed by atoms with E-state index in [4.69, 9.17) is 0 Å². The molecular weight excluding hydrogens is 258 g/mol. The van der Waals surface area contributed by atoms with Gasteiger partial charge in [-0.15, -0.1) is 0 Å². The number of hydrogen-bond donors (Lipinski definition) is 2. The number of aromatic carboxylic acids is 1. The van der Waals surface area contributed by atoms with Gasteiger partial charge in [0.2, 0.25) is 0 Å². The van der Waals surface area contributed by atoms with Crippen LogP contribution in [0.4, 0.5) is 5.82 Å². The van der Waals surface area contributed by atoms with Crippen molar-refractivity contribution in [2.45, 2.75) is 6.54 Å². The highest BCUT2D eigenvalue weighted by atomic mass is 16.4. The maximum Gasteiger partial charge on any atom is 0.356 e. The lowest BCUT2D eigenvalue weighted by molar-refractivity contribution is 0.0690. The van der Waals surface area contributed by atoms with Crippen LogP contribution >= 0.6 is 0 Å². The molecule has 0 bridgehead atoms. The van der Waals surface area contributed by atoms with E-state index in [0.29, 0.717) is 18.0 Å². The van der Waals surface area contributed by atoms with Crippen LogP contribution in [0.2, 0.25) is 0 Å². The minimum atomic E-state index is -1.02. The van der Waals surface area contributed by atoms with Crippen molar-refractivity contribution in [1.29, 1.82) is 0 Å². The summed E-state index contributed by atoms with van der Waals surface area (Å²) in [4.78, 5) is 19.9. The number of carbonyl (C=O) groups is 1. The minimum Gasteiger partial charge on any atom is -0.476 e. The second kappa shape index (κ2) is 4.69. The van der Waals surface area contributed by atoms with Gasteiger partial charge in [-0.1, -0.05) is 6.07 Å². The molecule has 20 heavy (non-hydrogen) atoms. The van der Waals surface area contributed by atoms with Gasteiger partial charge in [0.05, 0.1) is 6.54 Å². The van der Waals surface area contributed by atoms with Crippen LogP contribution in [-0.4, -0.2) is 30.0 Å². The van der Waals surface area contributed by atoms with E-state index in [1.165, 1.54) is 0 Å². The van der Waals surface area contributed by atoms with Gasteiger partial charge in [0, 0.05) is 25.6 Å². The zero-order valence-electron chi connectivity index (χ0n) is 10.8. The van der Waals surface area contributed by atoms with E-state index in [0.717, 1.165) is 5.82 Å². The van der Waals surface area contributed by atoms with Crippen LogP contribution in [0.5, 0.6) is 0 Å². The molecule has 2 N–H and O–H groups in total. The fourth-order valence-electron chi connectivity index (χ4n) is 2.05. The first-order valence-electron chi connectivity index (χ1n) is 6.07. The zero-order valence-corrected chi connectivity index (χ0v) is 10.8. The van der Waals surface area contributed by atoms with Crippen molar-refractivity contribution < 1.29 is 9.90 Å². The van der Waals surface area contributed by atoms with E-state index in [1.54, 1.807) is 28.9 Å². The molecule has 102 valence electrons. The number of pyridine rings is 1. The third kappa shape index (κ3) is 1.99. The number of nitrogens with one attached hydrogen (secondary N) is 1. The maximum atomic E-state index is 11.4. The van der Waals surface area contributed by atoms with Gasteiger partial charge < -0.3 is 15.0 Å². The predicted octanol–water partition coefficient (Wildman–Crippen LogP) is 1.38. The number of carboxylic acids is 1. The number of carboxylic acid groups (broad SMARTS) is 1. The van der Waals surface area contributed by atoms with Gasteiger partial charge in [-0.2, -0.15) is 0 Å². The Hall–Kier alpha value is -2.83. The SMILES string of the molecule is Cn1ccnc1CNc1nc2ccccn2c1C(=O)O. The maximum absolute atomic E-state index is 11.4. The van der Waals surface area contributed by atoms with Gasteiger partial charge in [0.15, 0.2) is 11.5 Å². The lowest BCUT2D eigenvalue weighted by Crippen LogP contribution is -2.10. The molecule has 0 aromatic carbocycles. The van der Waals surface area contributed by atoms with E-state index in [1.807, 2.05) is 23.9 Å². The van der Waals surface area contributed by atoms with Gasteiger partial charge in [-0.25, -0.2) is 14.8 Å². The molecule has 7 heteroatoms. The van der Waals surface area contributed by atoms with Crippen LogP contribution in [0.25, 0.3) is 5.65 Å². The zero-order chi connectivity index (χ0) is 14.1. The van der Waals surface area contributed by atoms with Gasteiger partial charge >= 0.3 is 5.97 Å². The summed E-state index contributed by atoms with van der Waals surface area (Å²) >= 11 is 0. The highest BCUT2D eigenvalue weighted by Gasteiger charge is 2.18. The molecule has 0 spiro atoms. The highest BCUT2D eigenvalue weighted by Crippen LogP contribution is 2.18. The fourth-order valence-corrected chi connectivity index (χ4v) is 2.05. The van der Waals surface area contributed by atoms with Crippen molar-refractivity contribution in [1.82, 2.24) is 18.9 Å². The molecule has 0 atom stereocenters. The first-order chi connectivity index (χ1) is 9.66. The number of imidazole rings is 2. The lowest BCUT2D eigenvalue weighted by atomic mass is 10.4. The topological polar surface area (TPSA) is 84.5 Å². The second-order valence-corrected chi connectivity index (χ2v) is 4.35. The van der Waals surface area contributed by atoms with Gasteiger partial charge in [-0.3, -0.25) is 4.40 Å². The summed E-state index contributed by atoms with van der Waals surface area (Å²) in [6.07, 6.45) is 5.20. The average Bonchev–Trinajstić information content (AvgIpc) is 2.99. The summed E-state index contributed by atoms with van der Waals surface area (Å²) in [5.74, 6) is 0.121. The summed E-state index contributed by atoms with van der Waals surface area (Å²) in [5.41, 5.74) is 0.710. The summed E-state index contributed by atoms with van der Waals surface area (Å²) in [6.45, 7) is 0.410. The molecular formula is C13H13N5O2. The number of fused-ring (bicyclic) bond motifs is 1. The smallest absolute Gasteiger partial charge is 0.356 e. The van der Waals surface area contributed by atoms with Crippen LogP contribution < -0.4 is 5.32 Å². The molecule has 0 fully saturated rings. The molecule has 3 aromatic rings. The molecule has 0 aliphatic rings. The predicted molar refractivity (Wildman–Crippen MR) is 72.7 cm³/mol. The number of rotatable bonds is 4. The Bertz CT molecular complexity index is 774. The van der Waals surface area contributed by atoms with E-state index in [-0.39, 0.29) is 5.69 Å². The van der Waals surface area contributed by atoms with E-state index in [9.17, 15) is 9.90 Å². The molecule has 0 unspecified atom stereocenters. The van der Waals surface area contributed by atoms with Crippen molar-refractivity contribution in [2.75, 3.05) is 5.32 Å². The second-order valence-electron chi connectivity index (χ2n) is 4.35. The molecule has 3 heterocycles. The third-order valence-corrected chi connectivity index (χ3v) is 3.07. The molecule has 0 saturated heterocycles. The lowest BCUT2D eigenvalue weighted by Gasteiger charge is -2.04. The summed E-state index contributed by atoms with van der Waals surface area (Å²) < 4.78 is 3.41. The van der Waals surface area contributed by atoms with E-state index in [2.05, 4.69) is 15.3 Å². The summed E-state index contributed by atoms with van der Waals surface area (Å²) in [7, 11) is 1.88. The molecule has 7 nitrogen and oxygen atoms in total. The minimum absolute atomic E-state index is 0.120. The van der Waals surface area contributed by atoms with Crippen LogP contribution in [-0.2, 0) is 13.6 Å². The molecule has 0 amide bonds. The molecule has 0 aliphatic heterocycles. The Morgan fingerprint density at radius 1 is 1.40 bits per heavy atom.